The molecule has 2 nitrogen and oxygen atoms in total. The van der Waals surface area contributed by atoms with Gasteiger partial charge in [-0.2, -0.15) is 0 Å². The number of hydrogen-bond acceptors (Lipinski definition) is 2. The van der Waals surface area contributed by atoms with Crippen LogP contribution in [0.3, 0.4) is 0 Å². The van der Waals surface area contributed by atoms with Gasteiger partial charge in [-0.3, -0.25) is 0 Å². The lowest BCUT2D eigenvalue weighted by molar-refractivity contribution is 0.261. The quantitative estimate of drug-likeness (QED) is 0.805. The van der Waals surface area contributed by atoms with Gasteiger partial charge in [-0.05, 0) is 38.0 Å². The summed E-state index contributed by atoms with van der Waals surface area (Å²) in [7, 11) is 0. The molecule has 0 saturated heterocycles. The number of aliphatic hydroxyl groups excluding tert-OH is 1. The van der Waals surface area contributed by atoms with Crippen molar-refractivity contribution in [2.45, 2.75) is 38.8 Å². The van der Waals surface area contributed by atoms with Crippen LogP contribution in [0.2, 0.25) is 0 Å². The summed E-state index contributed by atoms with van der Waals surface area (Å²) in [5.74, 6) is -0.835. The van der Waals surface area contributed by atoms with Crippen LogP contribution in [0, 0.1) is 11.6 Å². The molecule has 4 heteroatoms. The summed E-state index contributed by atoms with van der Waals surface area (Å²) < 4.78 is 26.7. The first-order chi connectivity index (χ1) is 8.08. The van der Waals surface area contributed by atoms with Crippen molar-refractivity contribution in [1.82, 2.24) is 5.32 Å². The maximum atomic E-state index is 13.6. The monoisotopic (exact) mass is 243 g/mol. The van der Waals surface area contributed by atoms with Crippen LogP contribution < -0.4 is 5.32 Å². The Morgan fingerprint density at radius 2 is 2.06 bits per heavy atom. The minimum atomic E-state index is -0.434. The summed E-state index contributed by atoms with van der Waals surface area (Å²) in [5, 5.41) is 12.0. The van der Waals surface area contributed by atoms with Crippen molar-refractivity contribution in [3.05, 3.63) is 35.4 Å². The Hall–Kier alpha value is -1.00. The van der Waals surface area contributed by atoms with Crippen LogP contribution in [0.25, 0.3) is 0 Å². The highest BCUT2D eigenvalue weighted by atomic mass is 19.1. The van der Waals surface area contributed by atoms with Gasteiger partial charge in [-0.1, -0.05) is 6.92 Å². The molecule has 0 amide bonds. The van der Waals surface area contributed by atoms with Crippen LogP contribution in [0.1, 0.15) is 38.3 Å². The summed E-state index contributed by atoms with van der Waals surface area (Å²) in [6, 6.07) is 3.32. The molecule has 96 valence electrons. The van der Waals surface area contributed by atoms with E-state index >= 15 is 0 Å². The molecule has 0 aliphatic heterocycles. The van der Waals surface area contributed by atoms with Gasteiger partial charge < -0.3 is 10.4 Å². The highest BCUT2D eigenvalue weighted by Gasteiger charge is 2.16. The molecule has 0 radical (unpaired) electrons. The van der Waals surface area contributed by atoms with Crippen LogP contribution in [0.4, 0.5) is 8.78 Å². The number of hydrogen-bond donors (Lipinski definition) is 2. The van der Waals surface area contributed by atoms with Crippen LogP contribution in [0.5, 0.6) is 0 Å². The van der Waals surface area contributed by atoms with Gasteiger partial charge in [0.25, 0.3) is 0 Å². The first-order valence-electron chi connectivity index (χ1n) is 5.90. The molecule has 0 fully saturated rings. The van der Waals surface area contributed by atoms with E-state index in [-0.39, 0.29) is 18.7 Å². The topological polar surface area (TPSA) is 32.3 Å². The minimum Gasteiger partial charge on any atom is -0.396 e. The van der Waals surface area contributed by atoms with Gasteiger partial charge in [-0.25, -0.2) is 8.78 Å². The summed E-state index contributed by atoms with van der Waals surface area (Å²) in [6.07, 6.45) is 1.25. The summed E-state index contributed by atoms with van der Waals surface area (Å²) in [4.78, 5) is 0. The molecule has 2 unspecified atom stereocenters. The fraction of sp³-hybridized carbons (Fsp3) is 0.538. The van der Waals surface area contributed by atoms with E-state index < -0.39 is 11.6 Å². The average molecular weight is 243 g/mol. The molecule has 1 aromatic rings. The van der Waals surface area contributed by atoms with Gasteiger partial charge in [0, 0.05) is 24.3 Å². The van der Waals surface area contributed by atoms with Crippen LogP contribution in [0.15, 0.2) is 18.2 Å². The molecule has 2 N–H and O–H groups in total. The van der Waals surface area contributed by atoms with E-state index in [0.29, 0.717) is 18.4 Å². The van der Waals surface area contributed by atoms with Gasteiger partial charge in [0.2, 0.25) is 0 Å². The average Bonchev–Trinajstić information content (AvgIpc) is 2.30. The van der Waals surface area contributed by atoms with Crippen molar-refractivity contribution >= 4 is 0 Å². The van der Waals surface area contributed by atoms with Gasteiger partial charge >= 0.3 is 0 Å². The van der Waals surface area contributed by atoms with Crippen LogP contribution >= 0.6 is 0 Å². The Morgan fingerprint density at radius 3 is 2.65 bits per heavy atom. The van der Waals surface area contributed by atoms with Crippen molar-refractivity contribution in [2.75, 3.05) is 6.61 Å². The highest BCUT2D eigenvalue weighted by Crippen LogP contribution is 2.21. The molecule has 2 atom stereocenters. The Balaban J connectivity index is 2.82. The van der Waals surface area contributed by atoms with E-state index in [2.05, 4.69) is 5.32 Å². The molecule has 1 rings (SSSR count). The third-order valence-corrected chi connectivity index (χ3v) is 2.79. The molecule has 0 aliphatic rings. The Bertz CT molecular complexity index is 357. The first kappa shape index (κ1) is 14.1. The van der Waals surface area contributed by atoms with Crippen molar-refractivity contribution in [3.63, 3.8) is 0 Å². The molecule has 0 bridgehead atoms. The standard InChI is InChI=1S/C13H19F2NO/c1-3-13(16-9(2)6-7-17)11-8-10(14)4-5-12(11)15/h4-5,8-9,13,16-17H,3,6-7H2,1-2H3. The molecule has 0 heterocycles. The highest BCUT2D eigenvalue weighted by molar-refractivity contribution is 5.22. The van der Waals surface area contributed by atoms with E-state index in [1.807, 2.05) is 13.8 Å². The van der Waals surface area contributed by atoms with Crippen molar-refractivity contribution in [3.8, 4) is 0 Å². The van der Waals surface area contributed by atoms with E-state index in [1.54, 1.807) is 0 Å². The molecule has 17 heavy (non-hydrogen) atoms. The van der Waals surface area contributed by atoms with Crippen molar-refractivity contribution < 1.29 is 13.9 Å². The predicted octanol–water partition coefficient (Wildman–Crippen LogP) is 2.78. The number of nitrogens with one attached hydrogen (secondary N) is 1. The lowest BCUT2D eigenvalue weighted by Gasteiger charge is -2.22. The normalized spacial score (nSPS) is 14.6. The molecule has 0 spiro atoms. The zero-order valence-electron chi connectivity index (χ0n) is 10.2. The SMILES string of the molecule is CCC(NC(C)CCO)c1cc(F)ccc1F. The smallest absolute Gasteiger partial charge is 0.128 e. The molecule has 0 saturated carbocycles. The Morgan fingerprint density at radius 1 is 1.35 bits per heavy atom. The Kier molecular flexibility index (Phi) is 5.51. The molecule has 0 aromatic heterocycles. The van der Waals surface area contributed by atoms with Gasteiger partial charge in [-0.15, -0.1) is 0 Å². The number of benzene rings is 1. The first-order valence-corrected chi connectivity index (χ1v) is 5.90. The van der Waals surface area contributed by atoms with E-state index in [9.17, 15) is 8.78 Å². The lowest BCUT2D eigenvalue weighted by Crippen LogP contribution is -2.31. The molecule has 0 aliphatic carbocycles. The predicted molar refractivity (Wildman–Crippen MR) is 63.7 cm³/mol. The second-order valence-corrected chi connectivity index (χ2v) is 4.21. The second kappa shape index (κ2) is 6.67. The summed E-state index contributed by atoms with van der Waals surface area (Å²) in [5.41, 5.74) is 0.345. The Labute approximate surface area is 101 Å². The van der Waals surface area contributed by atoms with Gasteiger partial charge in [0.1, 0.15) is 11.6 Å². The summed E-state index contributed by atoms with van der Waals surface area (Å²) >= 11 is 0. The van der Waals surface area contributed by atoms with Crippen molar-refractivity contribution in [1.29, 1.82) is 0 Å². The van der Waals surface area contributed by atoms with Crippen LogP contribution in [-0.2, 0) is 0 Å². The van der Waals surface area contributed by atoms with Crippen molar-refractivity contribution in [2.24, 2.45) is 0 Å². The molecular formula is C13H19F2NO. The molecule has 1 aromatic carbocycles. The fourth-order valence-corrected chi connectivity index (χ4v) is 1.83. The van der Waals surface area contributed by atoms with Gasteiger partial charge in [0.15, 0.2) is 0 Å². The lowest BCUT2D eigenvalue weighted by atomic mass is 10.0. The van der Waals surface area contributed by atoms with E-state index in [1.165, 1.54) is 6.07 Å². The number of aliphatic hydroxyl groups is 1. The minimum absolute atomic E-state index is 0.0626. The zero-order valence-corrected chi connectivity index (χ0v) is 10.2. The van der Waals surface area contributed by atoms with Gasteiger partial charge in [0.05, 0.1) is 0 Å². The maximum absolute atomic E-state index is 13.6. The zero-order chi connectivity index (χ0) is 12.8. The van der Waals surface area contributed by atoms with E-state index in [4.69, 9.17) is 5.11 Å². The third-order valence-electron chi connectivity index (χ3n) is 2.79. The largest absolute Gasteiger partial charge is 0.396 e. The maximum Gasteiger partial charge on any atom is 0.128 e. The van der Waals surface area contributed by atoms with E-state index in [0.717, 1.165) is 12.1 Å². The molecular weight excluding hydrogens is 224 g/mol. The fourth-order valence-electron chi connectivity index (χ4n) is 1.83. The van der Waals surface area contributed by atoms with Crippen LogP contribution in [-0.4, -0.2) is 17.8 Å². The number of rotatable bonds is 6. The number of halogens is 2. The second-order valence-electron chi connectivity index (χ2n) is 4.21. The third kappa shape index (κ3) is 4.06. The summed E-state index contributed by atoms with van der Waals surface area (Å²) in [6.45, 7) is 3.90.